The van der Waals surface area contributed by atoms with E-state index in [0.29, 0.717) is 32.5 Å². The van der Waals surface area contributed by atoms with Crippen LogP contribution in [0.1, 0.15) is 43.4 Å². The Balaban J connectivity index is 1.88. The van der Waals surface area contributed by atoms with E-state index in [-0.39, 0.29) is 30.2 Å². The van der Waals surface area contributed by atoms with Crippen LogP contribution in [0.4, 0.5) is 5.69 Å². The average Bonchev–Trinajstić information content (AvgIpc) is 2.69. The summed E-state index contributed by atoms with van der Waals surface area (Å²) in [5.74, 6) is -0.467. The number of rotatable bonds is 7. The van der Waals surface area contributed by atoms with Crippen LogP contribution in [0.3, 0.4) is 0 Å². The minimum absolute atomic E-state index is 0.0182. The molecule has 1 aliphatic rings. The van der Waals surface area contributed by atoms with Gasteiger partial charge in [-0.3, -0.25) is 19.3 Å². The Morgan fingerprint density at radius 2 is 1.73 bits per heavy atom. The molecular formula is C23H35N3O4. The lowest BCUT2D eigenvalue weighted by molar-refractivity contribution is -0.152. The van der Waals surface area contributed by atoms with Crippen molar-refractivity contribution in [2.24, 2.45) is 5.92 Å². The van der Waals surface area contributed by atoms with Gasteiger partial charge in [0.15, 0.2) is 0 Å². The van der Waals surface area contributed by atoms with Crippen molar-refractivity contribution in [2.75, 3.05) is 38.6 Å². The van der Waals surface area contributed by atoms with Crippen LogP contribution in [-0.4, -0.2) is 66.9 Å². The smallest absolute Gasteiger partial charge is 0.309 e. The molecule has 2 rings (SSSR count). The summed E-state index contributed by atoms with van der Waals surface area (Å²) < 4.78 is 5.08. The van der Waals surface area contributed by atoms with E-state index in [1.807, 2.05) is 39.8 Å². The third-order valence-corrected chi connectivity index (χ3v) is 5.78. The summed E-state index contributed by atoms with van der Waals surface area (Å²) in [7, 11) is 1.78. The molecule has 0 radical (unpaired) electrons. The lowest BCUT2D eigenvalue weighted by atomic mass is 9.96. The molecule has 1 saturated heterocycles. The van der Waals surface area contributed by atoms with E-state index in [2.05, 4.69) is 5.32 Å². The van der Waals surface area contributed by atoms with E-state index in [1.54, 1.807) is 23.8 Å². The number of amides is 2. The zero-order valence-electron chi connectivity index (χ0n) is 19.1. The van der Waals surface area contributed by atoms with Gasteiger partial charge in [-0.1, -0.05) is 17.7 Å². The highest BCUT2D eigenvalue weighted by Crippen LogP contribution is 2.22. The second-order valence-corrected chi connectivity index (χ2v) is 8.26. The fourth-order valence-corrected chi connectivity index (χ4v) is 3.97. The fourth-order valence-electron chi connectivity index (χ4n) is 3.97. The molecule has 0 aliphatic carbocycles. The van der Waals surface area contributed by atoms with Crippen molar-refractivity contribution in [2.45, 2.75) is 53.5 Å². The first-order valence-corrected chi connectivity index (χ1v) is 10.7. The summed E-state index contributed by atoms with van der Waals surface area (Å²) in [6, 6.07) is 3.66. The minimum Gasteiger partial charge on any atom is -0.466 e. The molecule has 0 saturated carbocycles. The van der Waals surface area contributed by atoms with Crippen LogP contribution in [0, 0.1) is 26.7 Å². The maximum absolute atomic E-state index is 12.9. The number of esters is 1. The number of likely N-dealkylation sites (tertiary alicyclic amines) is 1. The number of ether oxygens (including phenoxy) is 1. The zero-order valence-corrected chi connectivity index (χ0v) is 19.1. The van der Waals surface area contributed by atoms with Crippen molar-refractivity contribution in [3.63, 3.8) is 0 Å². The molecule has 2 amide bonds. The van der Waals surface area contributed by atoms with E-state index in [0.717, 1.165) is 22.4 Å². The molecule has 1 aliphatic heterocycles. The van der Waals surface area contributed by atoms with Crippen LogP contribution < -0.4 is 5.32 Å². The lowest BCUT2D eigenvalue weighted by Gasteiger charge is -2.34. The third kappa shape index (κ3) is 6.05. The van der Waals surface area contributed by atoms with Crippen molar-refractivity contribution in [1.29, 1.82) is 0 Å². The molecule has 1 atom stereocenters. The number of piperidine rings is 1. The number of carbonyl (C=O) groups excluding carboxylic acids is 3. The average molecular weight is 418 g/mol. The number of aryl methyl sites for hydroxylation is 3. The van der Waals surface area contributed by atoms with Crippen LogP contribution in [0.25, 0.3) is 0 Å². The molecule has 0 bridgehead atoms. The molecule has 7 nitrogen and oxygen atoms in total. The zero-order chi connectivity index (χ0) is 22.4. The Morgan fingerprint density at radius 3 is 2.27 bits per heavy atom. The number of benzene rings is 1. The molecule has 0 spiro atoms. The third-order valence-electron chi connectivity index (χ3n) is 5.78. The van der Waals surface area contributed by atoms with Gasteiger partial charge in [-0.05, 0) is 65.6 Å². The number of anilines is 1. The van der Waals surface area contributed by atoms with Crippen molar-refractivity contribution in [3.05, 3.63) is 28.8 Å². The molecule has 0 unspecified atom stereocenters. The van der Waals surface area contributed by atoms with Crippen LogP contribution in [0.5, 0.6) is 0 Å². The normalized spacial score (nSPS) is 15.8. The number of nitrogens with zero attached hydrogens (tertiary/aromatic N) is 2. The Morgan fingerprint density at radius 1 is 1.17 bits per heavy atom. The molecule has 1 aromatic carbocycles. The SMILES string of the molecule is CCOC(=O)C1CCN(C(=O)[C@H](C)N(C)CC(=O)Nc2c(C)cc(C)cc2C)CC1. The first kappa shape index (κ1) is 23.9. The highest BCUT2D eigenvalue weighted by atomic mass is 16.5. The summed E-state index contributed by atoms with van der Waals surface area (Å²) in [4.78, 5) is 40.8. The molecule has 0 aromatic heterocycles. The summed E-state index contributed by atoms with van der Waals surface area (Å²) in [5.41, 5.74) is 4.04. The predicted molar refractivity (Wildman–Crippen MR) is 117 cm³/mol. The number of likely N-dealkylation sites (N-methyl/N-ethyl adjacent to an activating group) is 1. The second kappa shape index (κ2) is 10.6. The molecular weight excluding hydrogens is 382 g/mol. The van der Waals surface area contributed by atoms with Gasteiger partial charge < -0.3 is 15.0 Å². The number of carbonyl (C=O) groups is 3. The Hall–Kier alpha value is -2.41. The van der Waals surface area contributed by atoms with Gasteiger partial charge in [-0.15, -0.1) is 0 Å². The molecule has 1 aromatic rings. The summed E-state index contributed by atoms with van der Waals surface area (Å²) in [5, 5.41) is 2.98. The molecule has 7 heteroatoms. The Labute approximate surface area is 179 Å². The van der Waals surface area contributed by atoms with Crippen LogP contribution >= 0.6 is 0 Å². The van der Waals surface area contributed by atoms with Crippen molar-refractivity contribution in [1.82, 2.24) is 9.80 Å². The van der Waals surface area contributed by atoms with E-state index < -0.39 is 6.04 Å². The summed E-state index contributed by atoms with van der Waals surface area (Å²) >= 11 is 0. The van der Waals surface area contributed by atoms with Gasteiger partial charge in [0.25, 0.3) is 0 Å². The van der Waals surface area contributed by atoms with E-state index in [1.165, 1.54) is 0 Å². The monoisotopic (exact) mass is 417 g/mol. The van der Waals surface area contributed by atoms with Gasteiger partial charge in [0.05, 0.1) is 25.1 Å². The standard InChI is InChI=1S/C23H35N3O4/c1-7-30-23(29)19-8-10-26(11-9-19)22(28)18(5)25(6)14-20(27)24-21-16(3)12-15(2)13-17(21)4/h12-13,18-19H,7-11,14H2,1-6H3,(H,24,27)/t18-/m0/s1. The van der Waals surface area contributed by atoms with Gasteiger partial charge in [0.1, 0.15) is 0 Å². The van der Waals surface area contributed by atoms with Gasteiger partial charge >= 0.3 is 5.97 Å². The number of hydrogen-bond donors (Lipinski definition) is 1. The molecule has 166 valence electrons. The summed E-state index contributed by atoms with van der Waals surface area (Å²) in [6.07, 6.45) is 1.24. The van der Waals surface area contributed by atoms with E-state index in [9.17, 15) is 14.4 Å². The van der Waals surface area contributed by atoms with Gasteiger partial charge in [-0.2, -0.15) is 0 Å². The Kier molecular flexibility index (Phi) is 8.41. The quantitative estimate of drug-likeness (QED) is 0.690. The van der Waals surface area contributed by atoms with Crippen molar-refractivity contribution < 1.29 is 19.1 Å². The van der Waals surface area contributed by atoms with Crippen LogP contribution in [-0.2, 0) is 19.1 Å². The number of hydrogen-bond acceptors (Lipinski definition) is 5. The molecule has 1 fully saturated rings. The van der Waals surface area contributed by atoms with E-state index in [4.69, 9.17) is 4.74 Å². The molecule has 1 heterocycles. The topological polar surface area (TPSA) is 79.0 Å². The van der Waals surface area contributed by atoms with Crippen molar-refractivity contribution >= 4 is 23.5 Å². The van der Waals surface area contributed by atoms with E-state index >= 15 is 0 Å². The minimum atomic E-state index is -0.421. The Bertz CT molecular complexity index is 762. The second-order valence-electron chi connectivity index (χ2n) is 8.26. The largest absolute Gasteiger partial charge is 0.466 e. The van der Waals surface area contributed by atoms with Gasteiger partial charge in [0, 0.05) is 18.8 Å². The summed E-state index contributed by atoms with van der Waals surface area (Å²) in [6.45, 7) is 11.2. The molecule has 30 heavy (non-hydrogen) atoms. The first-order valence-electron chi connectivity index (χ1n) is 10.7. The van der Waals surface area contributed by atoms with Crippen LogP contribution in [0.2, 0.25) is 0 Å². The maximum Gasteiger partial charge on any atom is 0.309 e. The number of nitrogens with one attached hydrogen (secondary N) is 1. The predicted octanol–water partition coefficient (Wildman–Crippen LogP) is 2.67. The fraction of sp³-hybridized carbons (Fsp3) is 0.609. The van der Waals surface area contributed by atoms with Crippen LogP contribution in [0.15, 0.2) is 12.1 Å². The first-order chi connectivity index (χ1) is 14.1. The van der Waals surface area contributed by atoms with Crippen molar-refractivity contribution in [3.8, 4) is 0 Å². The lowest BCUT2D eigenvalue weighted by Crippen LogP contribution is -2.50. The van der Waals surface area contributed by atoms with Gasteiger partial charge in [-0.25, -0.2) is 0 Å². The highest BCUT2D eigenvalue weighted by molar-refractivity contribution is 5.94. The highest BCUT2D eigenvalue weighted by Gasteiger charge is 2.31. The maximum atomic E-state index is 12.9. The molecule has 1 N–H and O–H groups in total. The van der Waals surface area contributed by atoms with Gasteiger partial charge in [0.2, 0.25) is 11.8 Å².